The van der Waals surface area contributed by atoms with Gasteiger partial charge in [-0.1, -0.05) is 212 Å². The van der Waals surface area contributed by atoms with Crippen molar-refractivity contribution in [3.05, 3.63) is 287 Å². The van der Waals surface area contributed by atoms with Crippen molar-refractivity contribution in [1.29, 1.82) is 0 Å². The second-order valence-electron chi connectivity index (χ2n) is 17.9. The summed E-state index contributed by atoms with van der Waals surface area (Å²) in [5.74, 6) is 2.46. The number of para-hydroxylation sites is 2. The Morgan fingerprint density at radius 1 is 0.284 bits per heavy atom. The smallest absolute Gasteiger partial charge is 0.160 e. The molecule has 2 spiro atoms. The zero-order valence-electron chi connectivity index (χ0n) is 36.4. The van der Waals surface area contributed by atoms with E-state index >= 15 is 0 Å². The Morgan fingerprint density at radius 2 is 0.761 bits per heavy atom. The zero-order valence-corrected chi connectivity index (χ0v) is 36.4. The maximum absolute atomic E-state index is 6.74. The minimum Gasteiger partial charge on any atom is -0.457 e. The highest BCUT2D eigenvalue weighted by Gasteiger charge is 2.58. The molecule has 3 nitrogen and oxygen atoms in total. The molecule has 2 aliphatic carbocycles. The van der Waals surface area contributed by atoms with Crippen LogP contribution in [0.5, 0.6) is 11.5 Å². The average Bonchev–Trinajstić information content (AvgIpc) is 3.71. The summed E-state index contributed by atoms with van der Waals surface area (Å²) in [6.07, 6.45) is 0. The fraction of sp³-hybridized carbons (Fsp3) is 0.0312. The Labute approximate surface area is 389 Å². The van der Waals surface area contributed by atoms with Crippen molar-refractivity contribution < 1.29 is 4.74 Å². The first kappa shape index (κ1) is 37.7. The Bertz CT molecular complexity index is 3720. The number of nitrogens with zero attached hydrogens (tertiary/aromatic N) is 2. The molecule has 312 valence electrons. The van der Waals surface area contributed by atoms with E-state index in [1.165, 1.54) is 60.8 Å². The minimum atomic E-state index is -0.618. The van der Waals surface area contributed by atoms with E-state index in [1.54, 1.807) is 0 Å². The fourth-order valence-electron chi connectivity index (χ4n) is 11.9. The quantitative estimate of drug-likeness (QED) is 0.177. The largest absolute Gasteiger partial charge is 0.457 e. The zero-order chi connectivity index (χ0) is 44.1. The molecule has 3 aliphatic rings. The van der Waals surface area contributed by atoms with Gasteiger partial charge in [-0.15, -0.1) is 0 Å². The number of fused-ring (bicyclic) bond motifs is 16. The van der Waals surface area contributed by atoms with Gasteiger partial charge in [0.1, 0.15) is 11.5 Å². The summed E-state index contributed by atoms with van der Waals surface area (Å²) in [7, 11) is 0. The molecule has 67 heavy (non-hydrogen) atoms. The van der Waals surface area contributed by atoms with Gasteiger partial charge in [0.25, 0.3) is 0 Å². The summed E-state index contributed by atoms with van der Waals surface area (Å²) in [5.41, 5.74) is 18.4. The van der Waals surface area contributed by atoms with Gasteiger partial charge >= 0.3 is 0 Å². The highest BCUT2D eigenvalue weighted by molar-refractivity contribution is 5.98. The first-order chi connectivity index (χ1) is 33.2. The van der Waals surface area contributed by atoms with E-state index in [-0.39, 0.29) is 0 Å². The van der Waals surface area contributed by atoms with Gasteiger partial charge < -0.3 is 4.74 Å². The van der Waals surface area contributed by atoms with Gasteiger partial charge in [0, 0.05) is 27.8 Å². The van der Waals surface area contributed by atoms with Gasteiger partial charge in [0.2, 0.25) is 0 Å². The van der Waals surface area contributed by atoms with E-state index < -0.39 is 10.8 Å². The summed E-state index contributed by atoms with van der Waals surface area (Å²) in [5, 5.41) is 2.38. The number of hydrogen-bond acceptors (Lipinski definition) is 3. The molecule has 0 saturated carbocycles. The molecular formula is C64H40N2O. The van der Waals surface area contributed by atoms with E-state index in [2.05, 4.69) is 237 Å². The van der Waals surface area contributed by atoms with Crippen LogP contribution >= 0.6 is 0 Å². The summed E-state index contributed by atoms with van der Waals surface area (Å²) < 4.78 is 6.74. The summed E-state index contributed by atoms with van der Waals surface area (Å²) in [6, 6.07) is 88.1. The van der Waals surface area contributed by atoms with Gasteiger partial charge in [0.05, 0.1) is 22.2 Å². The molecule has 0 saturated heterocycles. The van der Waals surface area contributed by atoms with Crippen molar-refractivity contribution in [3.8, 4) is 67.7 Å². The Balaban J connectivity index is 0.993. The summed E-state index contributed by atoms with van der Waals surface area (Å²) in [4.78, 5) is 10.6. The third-order valence-electron chi connectivity index (χ3n) is 14.6. The van der Waals surface area contributed by atoms with Crippen LogP contribution in [0.25, 0.3) is 66.9 Å². The lowest BCUT2D eigenvalue weighted by molar-refractivity contribution is 0.429. The van der Waals surface area contributed by atoms with Crippen LogP contribution in [0.4, 0.5) is 0 Å². The molecule has 3 heteroatoms. The molecule has 0 radical (unpaired) electrons. The van der Waals surface area contributed by atoms with Crippen molar-refractivity contribution >= 4 is 10.8 Å². The maximum Gasteiger partial charge on any atom is 0.160 e. The van der Waals surface area contributed by atoms with Crippen LogP contribution in [0.1, 0.15) is 44.5 Å². The third kappa shape index (κ3) is 5.28. The Morgan fingerprint density at radius 3 is 1.45 bits per heavy atom. The van der Waals surface area contributed by atoms with Crippen LogP contribution in [0.15, 0.2) is 243 Å². The van der Waals surface area contributed by atoms with E-state index in [4.69, 9.17) is 14.7 Å². The van der Waals surface area contributed by atoms with Gasteiger partial charge in [-0.3, -0.25) is 0 Å². The first-order valence-corrected chi connectivity index (χ1v) is 23.1. The molecule has 0 amide bonds. The molecule has 10 aromatic carbocycles. The van der Waals surface area contributed by atoms with Crippen LogP contribution in [-0.2, 0) is 10.8 Å². The predicted molar refractivity (Wildman–Crippen MR) is 271 cm³/mol. The number of aromatic nitrogens is 2. The molecule has 1 aromatic heterocycles. The summed E-state index contributed by atoms with van der Waals surface area (Å²) >= 11 is 0. The molecule has 0 fully saturated rings. The third-order valence-corrected chi connectivity index (χ3v) is 14.6. The molecular weight excluding hydrogens is 813 g/mol. The molecule has 11 aromatic rings. The molecule has 0 bridgehead atoms. The Kier molecular flexibility index (Phi) is 8.11. The van der Waals surface area contributed by atoms with Crippen molar-refractivity contribution in [2.45, 2.75) is 10.8 Å². The lowest BCUT2D eigenvalue weighted by Gasteiger charge is -2.51. The number of benzene rings is 10. The van der Waals surface area contributed by atoms with Gasteiger partial charge in [0.15, 0.2) is 5.82 Å². The van der Waals surface area contributed by atoms with Crippen LogP contribution in [0, 0.1) is 0 Å². The lowest BCUT2D eigenvalue weighted by atomic mass is 9.51. The van der Waals surface area contributed by atoms with Crippen molar-refractivity contribution in [3.63, 3.8) is 0 Å². The van der Waals surface area contributed by atoms with Crippen LogP contribution in [0.3, 0.4) is 0 Å². The predicted octanol–water partition coefficient (Wildman–Crippen LogP) is 15.5. The summed E-state index contributed by atoms with van der Waals surface area (Å²) in [6.45, 7) is 0. The SMILES string of the molecule is c1ccc(-c2cc(-c3ccc4ccccc4c3)nc(-c3cccc(-c4cccc5c4-c4ccccc4C54c5ccccc5C5(c6ccccc6Oc6ccccc65)c5ccccc54)c3)n2)cc1. The molecule has 1 aliphatic heterocycles. The lowest BCUT2D eigenvalue weighted by Crippen LogP contribution is -2.45. The first-order valence-electron chi connectivity index (χ1n) is 23.1. The van der Waals surface area contributed by atoms with E-state index in [9.17, 15) is 0 Å². The normalized spacial score (nSPS) is 14.0. The second-order valence-corrected chi connectivity index (χ2v) is 17.9. The van der Waals surface area contributed by atoms with Crippen molar-refractivity contribution in [2.24, 2.45) is 0 Å². The number of ether oxygens (including phenoxy) is 1. The standard InChI is InChI=1S/C64H40N2O/c1-2-19-42(20-3-1)57-40-58(45-37-36-41-18-4-5-21-43(41)38-45)66-62(65-57)46-23-16-22-44(39-46)47-25-17-33-56-61(47)48-24-6-7-26-49(48)63(56)50-27-8-10-29-52(50)64(53-30-11-9-28-51(53)63)54-31-12-14-34-59(54)67-60-35-15-13-32-55(60)64/h1-40H. The molecule has 14 rings (SSSR count). The average molecular weight is 853 g/mol. The molecule has 0 N–H and O–H groups in total. The van der Waals surface area contributed by atoms with Gasteiger partial charge in [-0.05, 0) is 96.7 Å². The van der Waals surface area contributed by atoms with Crippen LogP contribution in [-0.4, -0.2) is 9.97 Å². The van der Waals surface area contributed by atoms with Gasteiger partial charge in [-0.2, -0.15) is 0 Å². The van der Waals surface area contributed by atoms with Crippen LogP contribution < -0.4 is 4.74 Å². The van der Waals surface area contributed by atoms with Crippen molar-refractivity contribution in [1.82, 2.24) is 9.97 Å². The Hall–Kier alpha value is -8.66. The molecule has 0 unspecified atom stereocenters. The number of hydrogen-bond donors (Lipinski definition) is 0. The monoisotopic (exact) mass is 852 g/mol. The molecule has 2 heterocycles. The van der Waals surface area contributed by atoms with E-state index in [1.807, 2.05) is 6.07 Å². The topological polar surface area (TPSA) is 35.0 Å². The van der Waals surface area contributed by atoms with Gasteiger partial charge in [-0.25, -0.2) is 9.97 Å². The number of rotatable bonds is 4. The fourth-order valence-corrected chi connectivity index (χ4v) is 11.9. The molecule has 0 atom stereocenters. The second kappa shape index (κ2) is 14.4. The highest BCUT2D eigenvalue weighted by atomic mass is 16.5. The van der Waals surface area contributed by atoms with Crippen molar-refractivity contribution in [2.75, 3.05) is 0 Å². The highest BCUT2D eigenvalue weighted by Crippen LogP contribution is 2.67. The maximum atomic E-state index is 6.74. The van der Waals surface area contributed by atoms with E-state index in [0.717, 1.165) is 56.3 Å². The van der Waals surface area contributed by atoms with Crippen LogP contribution in [0.2, 0.25) is 0 Å². The van der Waals surface area contributed by atoms with E-state index in [0.29, 0.717) is 5.82 Å². The minimum absolute atomic E-state index is 0.609.